The number of rotatable bonds is 3. The van der Waals surface area contributed by atoms with Gasteiger partial charge in [0.25, 0.3) is 0 Å². The predicted octanol–water partition coefficient (Wildman–Crippen LogP) is 1.20. The lowest BCUT2D eigenvalue weighted by Crippen LogP contribution is -2.54. The fourth-order valence-corrected chi connectivity index (χ4v) is 2.45. The van der Waals surface area contributed by atoms with E-state index in [0.717, 1.165) is 11.3 Å². The maximum atomic E-state index is 11.4. The van der Waals surface area contributed by atoms with Crippen LogP contribution in [0.1, 0.15) is 18.4 Å². The van der Waals surface area contributed by atoms with E-state index in [2.05, 4.69) is 0 Å². The van der Waals surface area contributed by atoms with Crippen molar-refractivity contribution in [1.29, 1.82) is 0 Å². The quantitative estimate of drug-likeness (QED) is 0.824. The summed E-state index contributed by atoms with van der Waals surface area (Å²) in [5, 5.41) is 9.37. The molecule has 1 fully saturated rings. The van der Waals surface area contributed by atoms with Gasteiger partial charge in [0, 0.05) is 25.8 Å². The molecule has 0 heterocycles. The van der Waals surface area contributed by atoms with Gasteiger partial charge in [0.1, 0.15) is 0 Å². The average molecular weight is 234 g/mol. The van der Waals surface area contributed by atoms with Gasteiger partial charge in [-0.2, -0.15) is 0 Å². The van der Waals surface area contributed by atoms with Crippen molar-refractivity contribution in [3.05, 3.63) is 29.8 Å². The molecule has 1 aromatic rings. The summed E-state index contributed by atoms with van der Waals surface area (Å²) in [5.41, 5.74) is 6.90. The summed E-state index contributed by atoms with van der Waals surface area (Å²) in [5.74, 6) is -0.767. The molecule has 4 heteroatoms. The molecule has 0 spiro atoms. The van der Waals surface area contributed by atoms with Gasteiger partial charge < -0.3 is 15.7 Å². The van der Waals surface area contributed by atoms with Crippen LogP contribution in [0.25, 0.3) is 0 Å². The number of benzene rings is 1. The number of nitrogens with zero attached hydrogens (tertiary/aromatic N) is 1. The van der Waals surface area contributed by atoms with Crippen LogP contribution in [0.15, 0.2) is 24.3 Å². The summed E-state index contributed by atoms with van der Waals surface area (Å²) in [6.45, 7) is 0. The molecule has 0 radical (unpaired) electrons. The zero-order valence-corrected chi connectivity index (χ0v) is 10.2. The summed E-state index contributed by atoms with van der Waals surface area (Å²) in [6, 6.07) is 7.71. The lowest BCUT2D eigenvalue weighted by Gasteiger charge is -2.43. The van der Waals surface area contributed by atoms with Crippen molar-refractivity contribution in [2.24, 2.45) is 5.73 Å². The molecule has 17 heavy (non-hydrogen) atoms. The topological polar surface area (TPSA) is 66.6 Å². The molecule has 0 unspecified atom stereocenters. The summed E-state index contributed by atoms with van der Waals surface area (Å²) in [4.78, 5) is 13.4. The number of hydrogen-bond acceptors (Lipinski definition) is 3. The van der Waals surface area contributed by atoms with Gasteiger partial charge in [-0.1, -0.05) is 12.1 Å². The SMILES string of the molecule is CN(C)c1ccc(C2(C(=O)O)CC(N)C2)cc1. The van der Waals surface area contributed by atoms with Crippen LogP contribution in [0, 0.1) is 0 Å². The lowest BCUT2D eigenvalue weighted by atomic mass is 9.62. The van der Waals surface area contributed by atoms with E-state index < -0.39 is 11.4 Å². The summed E-state index contributed by atoms with van der Waals surface area (Å²) >= 11 is 0. The summed E-state index contributed by atoms with van der Waals surface area (Å²) in [7, 11) is 3.92. The number of aliphatic carboxylic acids is 1. The Morgan fingerprint density at radius 3 is 2.24 bits per heavy atom. The van der Waals surface area contributed by atoms with E-state index in [4.69, 9.17) is 5.73 Å². The molecule has 92 valence electrons. The van der Waals surface area contributed by atoms with Crippen LogP contribution in [0.2, 0.25) is 0 Å². The number of nitrogens with two attached hydrogens (primary N) is 1. The smallest absolute Gasteiger partial charge is 0.314 e. The van der Waals surface area contributed by atoms with E-state index in [0.29, 0.717) is 12.8 Å². The molecular formula is C13H18N2O2. The van der Waals surface area contributed by atoms with Gasteiger partial charge in [0.15, 0.2) is 0 Å². The van der Waals surface area contributed by atoms with E-state index in [1.807, 2.05) is 43.3 Å². The lowest BCUT2D eigenvalue weighted by molar-refractivity contribution is -0.148. The molecule has 3 N–H and O–H groups in total. The van der Waals surface area contributed by atoms with Crippen LogP contribution in [0.3, 0.4) is 0 Å². The highest BCUT2D eigenvalue weighted by Gasteiger charge is 2.50. The van der Waals surface area contributed by atoms with Gasteiger partial charge in [-0.05, 0) is 30.5 Å². The van der Waals surface area contributed by atoms with Crippen LogP contribution in [-0.4, -0.2) is 31.2 Å². The highest BCUT2D eigenvalue weighted by atomic mass is 16.4. The first-order valence-corrected chi connectivity index (χ1v) is 5.72. The molecular weight excluding hydrogens is 216 g/mol. The first-order valence-electron chi connectivity index (χ1n) is 5.72. The summed E-state index contributed by atoms with van der Waals surface area (Å²) < 4.78 is 0. The third kappa shape index (κ3) is 1.89. The summed E-state index contributed by atoms with van der Waals surface area (Å²) in [6.07, 6.45) is 1.06. The third-order valence-electron chi connectivity index (χ3n) is 3.57. The van der Waals surface area contributed by atoms with Crippen molar-refractivity contribution in [3.8, 4) is 0 Å². The number of carbonyl (C=O) groups is 1. The molecule has 4 nitrogen and oxygen atoms in total. The molecule has 0 saturated heterocycles. The normalized spacial score (nSPS) is 27.4. The Morgan fingerprint density at radius 2 is 1.88 bits per heavy atom. The molecule has 2 rings (SSSR count). The van der Waals surface area contributed by atoms with Gasteiger partial charge in [-0.3, -0.25) is 4.79 Å². The minimum Gasteiger partial charge on any atom is -0.481 e. The second-order valence-electron chi connectivity index (χ2n) is 5.00. The Kier molecular flexibility index (Phi) is 2.83. The van der Waals surface area contributed by atoms with Crippen molar-refractivity contribution in [2.75, 3.05) is 19.0 Å². The van der Waals surface area contributed by atoms with Crippen molar-refractivity contribution in [3.63, 3.8) is 0 Å². The van der Waals surface area contributed by atoms with Gasteiger partial charge in [0.05, 0.1) is 5.41 Å². The van der Waals surface area contributed by atoms with E-state index in [1.165, 1.54) is 0 Å². The fraction of sp³-hybridized carbons (Fsp3) is 0.462. The molecule has 1 aliphatic rings. The third-order valence-corrected chi connectivity index (χ3v) is 3.57. The van der Waals surface area contributed by atoms with E-state index >= 15 is 0 Å². The van der Waals surface area contributed by atoms with Gasteiger partial charge in [-0.15, -0.1) is 0 Å². The van der Waals surface area contributed by atoms with Crippen LogP contribution >= 0.6 is 0 Å². The zero-order chi connectivity index (χ0) is 12.6. The van der Waals surface area contributed by atoms with Crippen LogP contribution < -0.4 is 10.6 Å². The average Bonchev–Trinajstić information content (AvgIpc) is 2.24. The number of anilines is 1. The Morgan fingerprint density at radius 1 is 1.35 bits per heavy atom. The molecule has 0 aromatic heterocycles. The Hall–Kier alpha value is -1.55. The molecule has 1 aliphatic carbocycles. The zero-order valence-electron chi connectivity index (χ0n) is 10.2. The molecule has 0 aliphatic heterocycles. The Balaban J connectivity index is 2.29. The van der Waals surface area contributed by atoms with E-state index in [-0.39, 0.29) is 6.04 Å². The second kappa shape index (κ2) is 4.04. The number of hydrogen-bond donors (Lipinski definition) is 2. The number of carboxylic acids is 1. The van der Waals surface area contributed by atoms with Gasteiger partial charge in [0.2, 0.25) is 0 Å². The standard InChI is InChI=1S/C13H18N2O2/c1-15(2)11-5-3-9(4-6-11)13(12(16)17)7-10(14)8-13/h3-6,10H,7-8,14H2,1-2H3,(H,16,17). The molecule has 1 aromatic carbocycles. The largest absolute Gasteiger partial charge is 0.481 e. The number of carboxylic acid groups (broad SMARTS) is 1. The molecule has 0 amide bonds. The van der Waals surface area contributed by atoms with Crippen molar-refractivity contribution in [2.45, 2.75) is 24.3 Å². The molecule has 1 saturated carbocycles. The highest BCUT2D eigenvalue weighted by molar-refractivity contribution is 5.83. The molecule has 0 bridgehead atoms. The van der Waals surface area contributed by atoms with Crippen LogP contribution in [-0.2, 0) is 10.2 Å². The maximum Gasteiger partial charge on any atom is 0.314 e. The predicted molar refractivity (Wildman–Crippen MR) is 67.3 cm³/mol. The maximum absolute atomic E-state index is 11.4. The van der Waals surface area contributed by atoms with Crippen molar-refractivity contribution in [1.82, 2.24) is 0 Å². The first-order chi connectivity index (χ1) is 7.95. The highest BCUT2D eigenvalue weighted by Crippen LogP contribution is 2.43. The minimum absolute atomic E-state index is 0.0135. The van der Waals surface area contributed by atoms with Gasteiger partial charge in [-0.25, -0.2) is 0 Å². The fourth-order valence-electron chi connectivity index (χ4n) is 2.45. The van der Waals surface area contributed by atoms with Crippen LogP contribution in [0.5, 0.6) is 0 Å². The Labute approximate surface area is 101 Å². The van der Waals surface area contributed by atoms with E-state index in [1.54, 1.807) is 0 Å². The van der Waals surface area contributed by atoms with Crippen molar-refractivity contribution >= 4 is 11.7 Å². The monoisotopic (exact) mass is 234 g/mol. The van der Waals surface area contributed by atoms with Gasteiger partial charge >= 0.3 is 5.97 Å². The van der Waals surface area contributed by atoms with Crippen molar-refractivity contribution < 1.29 is 9.90 Å². The molecule has 0 atom stereocenters. The Bertz CT molecular complexity index is 420. The van der Waals surface area contributed by atoms with Crippen LogP contribution in [0.4, 0.5) is 5.69 Å². The second-order valence-corrected chi connectivity index (χ2v) is 5.00. The van der Waals surface area contributed by atoms with E-state index in [9.17, 15) is 9.90 Å². The first kappa shape index (κ1) is 11.9. The minimum atomic E-state index is -0.767.